The Labute approximate surface area is 367 Å². The van der Waals surface area contributed by atoms with Gasteiger partial charge in [0.2, 0.25) is 0 Å². The number of H-pyrrole nitrogens is 4. The second-order valence-corrected chi connectivity index (χ2v) is 15.4. The van der Waals surface area contributed by atoms with Gasteiger partial charge in [-0.05, 0) is 54.2 Å². The summed E-state index contributed by atoms with van der Waals surface area (Å²) >= 11 is 0. The fourth-order valence-corrected chi connectivity index (χ4v) is 7.70. The van der Waals surface area contributed by atoms with E-state index in [9.17, 15) is 0 Å². The highest BCUT2D eigenvalue weighted by Gasteiger charge is 2.22. The molecule has 10 rings (SSSR count). The number of nitrogens with zero attached hydrogens (tertiary/aromatic N) is 8. The largest absolute Gasteiger partial charge is 0.496 e. The first-order valence-electron chi connectivity index (χ1n) is 20.7. The van der Waals surface area contributed by atoms with E-state index in [2.05, 4.69) is 90.2 Å². The Morgan fingerprint density at radius 2 is 0.875 bits per heavy atom. The van der Waals surface area contributed by atoms with Crippen molar-refractivity contribution in [3.63, 3.8) is 0 Å². The first-order valence-corrected chi connectivity index (χ1v) is 20.7. The van der Waals surface area contributed by atoms with E-state index in [1.54, 1.807) is 27.4 Å². The molecule has 316 valence electrons. The molecule has 0 saturated heterocycles. The molecule has 0 fully saturated rings. The highest BCUT2D eigenvalue weighted by Crippen LogP contribution is 2.40. The Morgan fingerprint density at radius 1 is 0.469 bits per heavy atom. The van der Waals surface area contributed by atoms with Crippen molar-refractivity contribution in [3.8, 4) is 108 Å². The number of nitrogens with one attached hydrogen (secondary N) is 4. The molecule has 0 amide bonds. The Balaban J connectivity index is 0.858. The monoisotopic (exact) mass is 846 g/mol. The van der Waals surface area contributed by atoms with Crippen LogP contribution in [0.5, 0.6) is 17.2 Å². The molecule has 0 bridgehead atoms. The van der Waals surface area contributed by atoms with Gasteiger partial charge in [-0.25, -0.2) is 19.9 Å². The molecule has 15 heteroatoms. The molecule has 15 nitrogen and oxygen atoms in total. The summed E-state index contributed by atoms with van der Waals surface area (Å²) in [5.74, 6) is 6.93. The van der Waals surface area contributed by atoms with Crippen molar-refractivity contribution in [2.24, 2.45) is 5.92 Å². The summed E-state index contributed by atoms with van der Waals surface area (Å²) in [6.45, 7) is 4.20. The van der Waals surface area contributed by atoms with Crippen LogP contribution in [0, 0.1) is 12.8 Å². The molecule has 0 spiro atoms. The molecule has 64 heavy (non-hydrogen) atoms. The number of allylic oxidation sites excluding steroid dienone is 4. The Morgan fingerprint density at radius 3 is 1.34 bits per heavy atom. The molecule has 1 aliphatic carbocycles. The molecular formula is C49H42N12O3. The smallest absolute Gasteiger partial charge is 0.185 e. The van der Waals surface area contributed by atoms with Crippen LogP contribution in [0.2, 0.25) is 0 Å². The predicted octanol–water partition coefficient (Wildman–Crippen LogP) is 9.81. The summed E-state index contributed by atoms with van der Waals surface area (Å²) < 4.78 is 17.2. The maximum Gasteiger partial charge on any atom is 0.185 e. The summed E-state index contributed by atoms with van der Waals surface area (Å²) in [4.78, 5) is 19.3. The SMILES string of the molecule is COc1cc(C)c(-c2n[nH]c(-c3ccc(-c4ccc(-c5nc(-c6cc(-c7n[nH]c(-c8ccccc8)n7)c(OC)cc6OC)n[nH]5)cc4)cc3)n2)cc1-c1n[nH]c(C2=CCC(C)C=C2)n1. The topological polar surface area (TPSA) is 194 Å². The Bertz CT molecular complexity index is 3180. The van der Waals surface area contributed by atoms with Crippen LogP contribution in [-0.2, 0) is 0 Å². The van der Waals surface area contributed by atoms with Crippen LogP contribution in [0.4, 0.5) is 0 Å². The van der Waals surface area contributed by atoms with Crippen molar-refractivity contribution >= 4 is 5.57 Å². The van der Waals surface area contributed by atoms with Gasteiger partial charge in [0.05, 0.1) is 38.0 Å². The van der Waals surface area contributed by atoms with Gasteiger partial charge in [-0.1, -0.05) is 104 Å². The van der Waals surface area contributed by atoms with Crippen molar-refractivity contribution in [1.29, 1.82) is 0 Å². The van der Waals surface area contributed by atoms with E-state index in [1.165, 1.54) is 0 Å². The average Bonchev–Trinajstić information content (AvgIpc) is 4.20. The molecule has 4 heterocycles. The van der Waals surface area contributed by atoms with Gasteiger partial charge in [-0.2, -0.15) is 20.4 Å². The van der Waals surface area contributed by atoms with Crippen LogP contribution in [0.25, 0.3) is 96.4 Å². The predicted molar refractivity (Wildman–Crippen MR) is 245 cm³/mol. The maximum atomic E-state index is 5.76. The van der Waals surface area contributed by atoms with Crippen molar-refractivity contribution in [1.82, 2.24) is 60.7 Å². The first-order chi connectivity index (χ1) is 31.3. The van der Waals surface area contributed by atoms with Gasteiger partial charge in [0, 0.05) is 33.9 Å². The molecule has 1 atom stereocenters. The van der Waals surface area contributed by atoms with E-state index in [4.69, 9.17) is 34.1 Å². The minimum absolute atomic E-state index is 0.455. The Kier molecular flexibility index (Phi) is 10.4. The summed E-state index contributed by atoms with van der Waals surface area (Å²) in [5.41, 5.74) is 9.69. The van der Waals surface area contributed by atoms with E-state index in [0.29, 0.717) is 75.1 Å². The fraction of sp³-hybridized carbons (Fsp3) is 0.143. The van der Waals surface area contributed by atoms with E-state index in [1.807, 2.05) is 79.7 Å². The fourth-order valence-electron chi connectivity index (χ4n) is 7.70. The van der Waals surface area contributed by atoms with Gasteiger partial charge in [-0.15, -0.1) is 0 Å². The number of hydrogen-bond acceptors (Lipinski definition) is 11. The zero-order chi connectivity index (χ0) is 43.7. The van der Waals surface area contributed by atoms with Crippen LogP contribution >= 0.6 is 0 Å². The van der Waals surface area contributed by atoms with Gasteiger partial charge in [0.1, 0.15) is 17.2 Å². The van der Waals surface area contributed by atoms with Crippen LogP contribution in [0.15, 0.2) is 121 Å². The number of methoxy groups -OCH3 is 3. The highest BCUT2D eigenvalue weighted by atomic mass is 16.5. The van der Waals surface area contributed by atoms with E-state index in [0.717, 1.165) is 62.3 Å². The first kappa shape index (κ1) is 39.7. The van der Waals surface area contributed by atoms with Crippen LogP contribution in [0.3, 0.4) is 0 Å². The number of hydrogen-bond donors (Lipinski definition) is 4. The minimum atomic E-state index is 0.455. The molecule has 1 aliphatic rings. The lowest BCUT2D eigenvalue weighted by atomic mass is 9.98. The van der Waals surface area contributed by atoms with Crippen molar-refractivity contribution in [3.05, 3.63) is 133 Å². The summed E-state index contributed by atoms with van der Waals surface area (Å²) in [6, 6.07) is 33.8. The quantitative estimate of drug-likeness (QED) is 0.0914. The second-order valence-electron chi connectivity index (χ2n) is 15.4. The lowest BCUT2D eigenvalue weighted by Gasteiger charge is -2.11. The molecule has 0 radical (unpaired) electrons. The van der Waals surface area contributed by atoms with Gasteiger partial charge in [-0.3, -0.25) is 20.4 Å². The molecule has 4 aromatic heterocycles. The standard InChI is InChI=1S/C49H42N12O3/c1-27-11-13-32(14-12-27)43-52-47(59-56-43)36-24-35(28(2)23-39(36)62-3)46-50-44(55-58-46)33-19-15-29(16-20-33)30-17-21-34(22-18-30)45-53-49(61-57-45)38-25-37(40(63-4)26-41(38)64-5)48-51-42(54-60-48)31-9-7-6-8-10-31/h6-11,13-27H,12H2,1-5H3,(H,50,55,58)(H,51,54,60)(H,52,56,59)(H,53,57,61). The van der Waals surface area contributed by atoms with E-state index in [-0.39, 0.29) is 0 Å². The zero-order valence-corrected chi connectivity index (χ0v) is 35.6. The van der Waals surface area contributed by atoms with Gasteiger partial charge in [0.25, 0.3) is 0 Å². The van der Waals surface area contributed by atoms with Crippen LogP contribution in [0.1, 0.15) is 24.7 Å². The molecule has 9 aromatic rings. The molecule has 0 aliphatic heterocycles. The molecule has 1 unspecified atom stereocenters. The van der Waals surface area contributed by atoms with Gasteiger partial charge < -0.3 is 14.2 Å². The van der Waals surface area contributed by atoms with Crippen molar-refractivity contribution in [2.45, 2.75) is 20.3 Å². The van der Waals surface area contributed by atoms with Crippen LogP contribution in [-0.4, -0.2) is 82.1 Å². The maximum absolute atomic E-state index is 5.76. The summed E-state index contributed by atoms with van der Waals surface area (Å²) in [6.07, 6.45) is 7.42. The third-order valence-electron chi connectivity index (χ3n) is 11.3. The normalized spacial score (nSPS) is 13.5. The number of ether oxygens (including phenoxy) is 3. The van der Waals surface area contributed by atoms with Crippen molar-refractivity contribution < 1.29 is 14.2 Å². The molecule has 4 N–H and O–H groups in total. The highest BCUT2D eigenvalue weighted by molar-refractivity contribution is 5.80. The van der Waals surface area contributed by atoms with Crippen molar-refractivity contribution in [2.75, 3.05) is 21.3 Å². The summed E-state index contributed by atoms with van der Waals surface area (Å²) in [5, 5.41) is 30.6. The van der Waals surface area contributed by atoms with E-state index >= 15 is 0 Å². The minimum Gasteiger partial charge on any atom is -0.496 e. The number of aromatic nitrogens is 12. The number of aryl methyl sites for hydroxylation is 1. The van der Waals surface area contributed by atoms with Gasteiger partial charge >= 0.3 is 0 Å². The number of rotatable bonds is 12. The van der Waals surface area contributed by atoms with E-state index < -0.39 is 0 Å². The number of aromatic amines is 4. The van der Waals surface area contributed by atoms with Crippen LogP contribution < -0.4 is 14.2 Å². The Hall–Kier alpha value is -8.46. The summed E-state index contributed by atoms with van der Waals surface area (Å²) in [7, 11) is 4.85. The molecule has 0 saturated carbocycles. The third-order valence-corrected chi connectivity index (χ3v) is 11.3. The third kappa shape index (κ3) is 7.59. The van der Waals surface area contributed by atoms with Gasteiger partial charge in [0.15, 0.2) is 46.6 Å². The lowest BCUT2D eigenvalue weighted by molar-refractivity contribution is 0.396. The molecular weight excluding hydrogens is 805 g/mol. The average molecular weight is 847 g/mol. The second kappa shape index (κ2) is 16.8. The molecule has 5 aromatic carbocycles. The zero-order valence-electron chi connectivity index (χ0n) is 35.6. The lowest BCUT2D eigenvalue weighted by Crippen LogP contribution is -1.96. The number of benzene rings is 5.